The van der Waals surface area contributed by atoms with E-state index >= 15 is 0 Å². The summed E-state index contributed by atoms with van der Waals surface area (Å²) in [6.07, 6.45) is 2.37. The van der Waals surface area contributed by atoms with E-state index in [4.69, 9.17) is 4.74 Å². The molecule has 0 aromatic rings. The molecule has 0 aliphatic carbocycles. The van der Waals surface area contributed by atoms with Crippen molar-refractivity contribution in [3.8, 4) is 0 Å². The molecule has 0 aromatic heterocycles. The Labute approximate surface area is 69.7 Å². The molecule has 0 atom stereocenters. The topological polar surface area (TPSA) is 21.6 Å². The van der Waals surface area contributed by atoms with Gasteiger partial charge in [0.2, 0.25) is 0 Å². The molecule has 66 valence electrons. The monoisotopic (exact) mass is 157 g/mol. The Morgan fingerprint density at radius 3 is 2.55 bits per heavy atom. The van der Waals surface area contributed by atoms with Gasteiger partial charge in [0.15, 0.2) is 0 Å². The lowest BCUT2D eigenvalue weighted by molar-refractivity contribution is 0.139. The van der Waals surface area contributed by atoms with Crippen LogP contribution in [0, 0.1) is 0 Å². The Bertz CT molecular complexity index is 106. The zero-order valence-corrected chi connectivity index (χ0v) is 7.89. The van der Waals surface area contributed by atoms with Crippen LogP contribution in [0.3, 0.4) is 0 Å². The van der Waals surface area contributed by atoms with Crippen molar-refractivity contribution in [2.24, 2.45) is 4.99 Å². The van der Waals surface area contributed by atoms with Gasteiger partial charge >= 0.3 is 0 Å². The molecule has 0 N–H and O–H groups in total. The van der Waals surface area contributed by atoms with Gasteiger partial charge in [0.05, 0.1) is 13.2 Å². The van der Waals surface area contributed by atoms with E-state index in [2.05, 4.69) is 11.9 Å². The van der Waals surface area contributed by atoms with E-state index in [1.165, 1.54) is 6.42 Å². The first-order valence-corrected chi connectivity index (χ1v) is 4.32. The third-order valence-electron chi connectivity index (χ3n) is 1.31. The molecule has 0 aliphatic heterocycles. The zero-order chi connectivity index (χ0) is 8.53. The average molecular weight is 157 g/mol. The lowest BCUT2D eigenvalue weighted by Crippen LogP contribution is -2.00. The van der Waals surface area contributed by atoms with E-state index in [1.54, 1.807) is 0 Å². The van der Waals surface area contributed by atoms with Crippen LogP contribution in [-0.4, -0.2) is 25.5 Å². The molecule has 0 saturated carbocycles. The van der Waals surface area contributed by atoms with Crippen molar-refractivity contribution in [1.29, 1.82) is 0 Å². The average Bonchev–Trinajstić information content (AvgIpc) is 1.96. The molecule has 0 unspecified atom stereocenters. The summed E-state index contributed by atoms with van der Waals surface area (Å²) in [6, 6.07) is 0. The quantitative estimate of drug-likeness (QED) is 0.428. The molecule has 2 heteroatoms. The van der Waals surface area contributed by atoms with Gasteiger partial charge in [0.25, 0.3) is 0 Å². The maximum Gasteiger partial charge on any atom is 0.0661 e. The summed E-state index contributed by atoms with van der Waals surface area (Å²) in [4.78, 5) is 4.21. The van der Waals surface area contributed by atoms with E-state index in [0.29, 0.717) is 0 Å². The van der Waals surface area contributed by atoms with Crippen LogP contribution in [0.5, 0.6) is 0 Å². The van der Waals surface area contributed by atoms with Crippen molar-refractivity contribution in [3.63, 3.8) is 0 Å². The number of ether oxygens (including phenoxy) is 1. The van der Waals surface area contributed by atoms with Crippen LogP contribution in [-0.2, 0) is 4.74 Å². The molecule has 0 rings (SSSR count). The highest BCUT2D eigenvalue weighted by Crippen LogP contribution is 1.87. The zero-order valence-electron chi connectivity index (χ0n) is 7.89. The summed E-state index contributed by atoms with van der Waals surface area (Å²) in [5.41, 5.74) is 1.13. The SMILES string of the molecule is CCCCOCCN=C(C)C. The summed E-state index contributed by atoms with van der Waals surface area (Å²) in [5.74, 6) is 0. The number of hydrogen-bond acceptors (Lipinski definition) is 2. The summed E-state index contributed by atoms with van der Waals surface area (Å²) in [7, 11) is 0. The predicted molar refractivity (Wildman–Crippen MR) is 49.4 cm³/mol. The van der Waals surface area contributed by atoms with Crippen molar-refractivity contribution < 1.29 is 4.74 Å². The Morgan fingerprint density at radius 2 is 2.00 bits per heavy atom. The van der Waals surface area contributed by atoms with Crippen LogP contribution in [0.1, 0.15) is 33.6 Å². The largest absolute Gasteiger partial charge is 0.380 e. The fourth-order valence-corrected chi connectivity index (χ4v) is 0.682. The fourth-order valence-electron chi connectivity index (χ4n) is 0.682. The molecule has 11 heavy (non-hydrogen) atoms. The van der Waals surface area contributed by atoms with Crippen molar-refractivity contribution >= 4 is 5.71 Å². The molecule has 0 radical (unpaired) electrons. The highest BCUT2D eigenvalue weighted by Gasteiger charge is 1.85. The molecule has 0 amide bonds. The van der Waals surface area contributed by atoms with Crippen molar-refractivity contribution in [1.82, 2.24) is 0 Å². The molecular weight excluding hydrogens is 138 g/mol. The normalized spacial score (nSPS) is 9.73. The predicted octanol–water partition coefficient (Wildman–Crippen LogP) is 2.28. The maximum atomic E-state index is 5.32. The van der Waals surface area contributed by atoms with Crippen molar-refractivity contribution in [2.45, 2.75) is 33.6 Å². The van der Waals surface area contributed by atoms with Crippen LogP contribution in [0.25, 0.3) is 0 Å². The Hall–Kier alpha value is -0.370. The second-order valence-electron chi connectivity index (χ2n) is 2.79. The number of hydrogen-bond donors (Lipinski definition) is 0. The van der Waals surface area contributed by atoms with E-state index in [-0.39, 0.29) is 0 Å². The molecule has 0 fully saturated rings. The van der Waals surface area contributed by atoms with Gasteiger partial charge in [-0.1, -0.05) is 13.3 Å². The van der Waals surface area contributed by atoms with Gasteiger partial charge in [-0.25, -0.2) is 0 Å². The van der Waals surface area contributed by atoms with E-state index in [1.807, 2.05) is 13.8 Å². The first-order chi connectivity index (χ1) is 5.27. The van der Waals surface area contributed by atoms with Gasteiger partial charge in [0.1, 0.15) is 0 Å². The minimum absolute atomic E-state index is 0.769. The summed E-state index contributed by atoms with van der Waals surface area (Å²) in [5, 5.41) is 0. The minimum atomic E-state index is 0.769. The lowest BCUT2D eigenvalue weighted by Gasteiger charge is -1.99. The molecule has 0 spiro atoms. The van der Waals surface area contributed by atoms with Gasteiger partial charge in [-0.15, -0.1) is 0 Å². The first kappa shape index (κ1) is 10.6. The molecule has 0 aliphatic rings. The summed E-state index contributed by atoms with van der Waals surface area (Å²) in [6.45, 7) is 8.64. The van der Waals surface area contributed by atoms with Crippen LogP contribution in [0.2, 0.25) is 0 Å². The molecule has 2 nitrogen and oxygen atoms in total. The van der Waals surface area contributed by atoms with Gasteiger partial charge in [-0.3, -0.25) is 4.99 Å². The highest BCUT2D eigenvalue weighted by molar-refractivity contribution is 5.78. The lowest BCUT2D eigenvalue weighted by atomic mass is 10.4. The molecular formula is C9H19NO. The molecule has 0 saturated heterocycles. The van der Waals surface area contributed by atoms with Gasteiger partial charge < -0.3 is 4.74 Å². The van der Waals surface area contributed by atoms with Crippen LogP contribution in [0.4, 0.5) is 0 Å². The third kappa shape index (κ3) is 9.63. The van der Waals surface area contributed by atoms with Crippen LogP contribution < -0.4 is 0 Å². The number of nitrogens with zero attached hydrogens (tertiary/aromatic N) is 1. The van der Waals surface area contributed by atoms with Gasteiger partial charge in [-0.05, 0) is 20.3 Å². The Morgan fingerprint density at radius 1 is 1.27 bits per heavy atom. The smallest absolute Gasteiger partial charge is 0.0661 e. The summed E-state index contributed by atoms with van der Waals surface area (Å²) >= 11 is 0. The second-order valence-corrected chi connectivity index (χ2v) is 2.79. The number of rotatable bonds is 6. The molecule has 0 aromatic carbocycles. The van der Waals surface area contributed by atoms with Crippen LogP contribution in [0.15, 0.2) is 4.99 Å². The van der Waals surface area contributed by atoms with Gasteiger partial charge in [-0.2, -0.15) is 0 Å². The Balaban J connectivity index is 2.97. The number of unbranched alkanes of at least 4 members (excludes halogenated alkanes) is 1. The van der Waals surface area contributed by atoms with E-state index in [0.717, 1.165) is 31.9 Å². The highest BCUT2D eigenvalue weighted by atomic mass is 16.5. The van der Waals surface area contributed by atoms with E-state index in [9.17, 15) is 0 Å². The van der Waals surface area contributed by atoms with Crippen LogP contribution >= 0.6 is 0 Å². The fraction of sp³-hybridized carbons (Fsp3) is 0.889. The van der Waals surface area contributed by atoms with Crippen molar-refractivity contribution in [2.75, 3.05) is 19.8 Å². The second kappa shape index (κ2) is 7.73. The number of aliphatic imine (C=N–C) groups is 1. The standard InChI is InChI=1S/C9H19NO/c1-4-5-7-11-8-6-10-9(2)3/h4-8H2,1-3H3. The Kier molecular flexibility index (Phi) is 7.47. The van der Waals surface area contributed by atoms with E-state index < -0.39 is 0 Å². The third-order valence-corrected chi connectivity index (χ3v) is 1.31. The van der Waals surface area contributed by atoms with Gasteiger partial charge in [0, 0.05) is 12.3 Å². The minimum Gasteiger partial charge on any atom is -0.380 e. The van der Waals surface area contributed by atoms with Crippen molar-refractivity contribution in [3.05, 3.63) is 0 Å². The maximum absolute atomic E-state index is 5.32. The molecule has 0 bridgehead atoms. The molecule has 0 heterocycles. The first-order valence-electron chi connectivity index (χ1n) is 4.32. The summed E-state index contributed by atoms with van der Waals surface area (Å²) < 4.78 is 5.32.